The third-order valence-corrected chi connectivity index (χ3v) is 6.71. The SMILES string of the molecule is Cc1csc(=O)n1CCSc1nnc(NC2CCCCC2)s1. The van der Waals surface area contributed by atoms with Gasteiger partial charge in [0.25, 0.3) is 0 Å². The van der Waals surface area contributed by atoms with Crippen molar-refractivity contribution in [3.63, 3.8) is 0 Å². The molecule has 3 rings (SSSR count). The first-order valence-corrected chi connectivity index (χ1v) is 10.3. The van der Waals surface area contributed by atoms with Gasteiger partial charge in [-0.2, -0.15) is 0 Å². The third-order valence-electron chi connectivity index (χ3n) is 3.86. The van der Waals surface area contributed by atoms with E-state index >= 15 is 0 Å². The molecule has 0 spiro atoms. The van der Waals surface area contributed by atoms with E-state index < -0.39 is 0 Å². The van der Waals surface area contributed by atoms with Crippen LogP contribution in [0.15, 0.2) is 14.5 Å². The summed E-state index contributed by atoms with van der Waals surface area (Å²) >= 11 is 4.55. The maximum absolute atomic E-state index is 11.6. The van der Waals surface area contributed by atoms with Crippen molar-refractivity contribution in [3.8, 4) is 0 Å². The van der Waals surface area contributed by atoms with Crippen molar-refractivity contribution in [2.75, 3.05) is 11.1 Å². The fourth-order valence-corrected chi connectivity index (χ4v) is 5.23. The zero-order valence-electron chi connectivity index (χ0n) is 12.6. The zero-order chi connectivity index (χ0) is 15.4. The van der Waals surface area contributed by atoms with E-state index in [-0.39, 0.29) is 4.87 Å². The first kappa shape index (κ1) is 16.0. The Hall–Kier alpha value is -0.860. The molecule has 2 heterocycles. The highest BCUT2D eigenvalue weighted by molar-refractivity contribution is 8.01. The molecule has 0 radical (unpaired) electrons. The van der Waals surface area contributed by atoms with Crippen molar-refractivity contribution < 1.29 is 0 Å². The topological polar surface area (TPSA) is 59.8 Å². The molecule has 0 unspecified atom stereocenters. The number of thiazole rings is 1. The second-order valence-electron chi connectivity index (χ2n) is 5.50. The Morgan fingerprint density at radius 2 is 2.18 bits per heavy atom. The molecule has 5 nitrogen and oxygen atoms in total. The Kier molecular flexibility index (Phi) is 5.54. The number of hydrogen-bond acceptors (Lipinski definition) is 7. The van der Waals surface area contributed by atoms with Crippen LogP contribution < -0.4 is 10.2 Å². The lowest BCUT2D eigenvalue weighted by atomic mass is 9.96. The summed E-state index contributed by atoms with van der Waals surface area (Å²) < 4.78 is 2.79. The highest BCUT2D eigenvalue weighted by Crippen LogP contribution is 2.28. The summed E-state index contributed by atoms with van der Waals surface area (Å²) in [6.07, 6.45) is 6.46. The van der Waals surface area contributed by atoms with Gasteiger partial charge in [-0.1, -0.05) is 53.7 Å². The van der Waals surface area contributed by atoms with Crippen molar-refractivity contribution in [1.29, 1.82) is 0 Å². The molecule has 0 bridgehead atoms. The lowest BCUT2D eigenvalue weighted by Gasteiger charge is -2.21. The molecule has 0 saturated heterocycles. The van der Waals surface area contributed by atoms with Gasteiger partial charge in [0.05, 0.1) is 0 Å². The van der Waals surface area contributed by atoms with Crippen LogP contribution in [0.5, 0.6) is 0 Å². The van der Waals surface area contributed by atoms with E-state index in [1.807, 2.05) is 16.9 Å². The lowest BCUT2D eigenvalue weighted by Crippen LogP contribution is -2.21. The van der Waals surface area contributed by atoms with Crippen LogP contribution in [-0.4, -0.2) is 26.6 Å². The summed E-state index contributed by atoms with van der Waals surface area (Å²) in [6, 6.07) is 0.562. The van der Waals surface area contributed by atoms with Crippen molar-refractivity contribution in [2.45, 2.75) is 56.0 Å². The molecule has 1 fully saturated rings. The van der Waals surface area contributed by atoms with E-state index in [1.54, 1.807) is 23.1 Å². The largest absolute Gasteiger partial charge is 0.357 e. The predicted molar refractivity (Wildman–Crippen MR) is 94.4 cm³/mol. The summed E-state index contributed by atoms with van der Waals surface area (Å²) in [5, 5.41) is 14.8. The quantitative estimate of drug-likeness (QED) is 0.801. The van der Waals surface area contributed by atoms with Crippen LogP contribution in [0.4, 0.5) is 5.13 Å². The minimum atomic E-state index is 0.120. The smallest absolute Gasteiger partial charge is 0.307 e. The molecule has 2 aromatic heterocycles. The average molecular weight is 357 g/mol. The average Bonchev–Trinajstić information content (AvgIpc) is 3.09. The van der Waals surface area contributed by atoms with Crippen LogP contribution >= 0.6 is 34.4 Å². The third kappa shape index (κ3) is 4.11. The standard InChI is InChI=1S/C14H20N4OS3/c1-10-9-21-14(19)18(10)7-8-20-13-17-16-12(22-13)15-11-5-3-2-4-6-11/h9,11H,2-8H2,1H3,(H,15,16). The Bertz CT molecular complexity index is 657. The molecular weight excluding hydrogens is 336 g/mol. The van der Waals surface area contributed by atoms with Gasteiger partial charge in [-0.3, -0.25) is 4.79 Å². The zero-order valence-corrected chi connectivity index (χ0v) is 15.0. The number of hydrogen-bond donors (Lipinski definition) is 1. The molecule has 2 aromatic rings. The number of rotatable bonds is 6. The van der Waals surface area contributed by atoms with Gasteiger partial charge in [0, 0.05) is 29.4 Å². The first-order valence-electron chi connectivity index (χ1n) is 7.60. The second kappa shape index (κ2) is 7.61. The number of nitrogens with one attached hydrogen (secondary N) is 1. The van der Waals surface area contributed by atoms with E-state index in [0.717, 1.165) is 27.5 Å². The van der Waals surface area contributed by atoms with Crippen LogP contribution in [0.3, 0.4) is 0 Å². The highest BCUT2D eigenvalue weighted by atomic mass is 32.2. The fourth-order valence-electron chi connectivity index (χ4n) is 2.65. The molecular formula is C14H20N4OS3. The second-order valence-corrected chi connectivity index (χ2v) is 8.64. The summed E-state index contributed by atoms with van der Waals surface area (Å²) in [5.74, 6) is 0.843. The van der Waals surface area contributed by atoms with Crippen molar-refractivity contribution in [1.82, 2.24) is 14.8 Å². The highest BCUT2D eigenvalue weighted by Gasteiger charge is 2.15. The Balaban J connectivity index is 1.48. The lowest BCUT2D eigenvalue weighted by molar-refractivity contribution is 0.462. The Morgan fingerprint density at radius 3 is 2.91 bits per heavy atom. The summed E-state index contributed by atoms with van der Waals surface area (Å²) in [6.45, 7) is 2.70. The Morgan fingerprint density at radius 1 is 1.36 bits per heavy atom. The monoisotopic (exact) mass is 356 g/mol. The minimum Gasteiger partial charge on any atom is -0.357 e. The predicted octanol–water partition coefficient (Wildman–Crippen LogP) is 3.61. The summed E-state index contributed by atoms with van der Waals surface area (Å²) in [7, 11) is 0. The van der Waals surface area contributed by atoms with Gasteiger partial charge >= 0.3 is 4.87 Å². The molecule has 1 aliphatic rings. The molecule has 0 amide bonds. The molecule has 0 atom stereocenters. The van der Waals surface area contributed by atoms with Crippen molar-refractivity contribution in [2.24, 2.45) is 0 Å². The molecule has 22 heavy (non-hydrogen) atoms. The minimum absolute atomic E-state index is 0.120. The van der Waals surface area contributed by atoms with Crippen LogP contribution in [-0.2, 0) is 6.54 Å². The van der Waals surface area contributed by atoms with Crippen LogP contribution in [0.25, 0.3) is 0 Å². The summed E-state index contributed by atoms with van der Waals surface area (Å²) in [4.78, 5) is 11.8. The molecule has 0 aromatic carbocycles. The maximum Gasteiger partial charge on any atom is 0.307 e. The number of nitrogens with zero attached hydrogens (tertiary/aromatic N) is 3. The Labute approximate surface area is 142 Å². The number of aromatic nitrogens is 3. The van der Waals surface area contributed by atoms with Gasteiger partial charge in [0.2, 0.25) is 5.13 Å². The van der Waals surface area contributed by atoms with Gasteiger partial charge in [-0.25, -0.2) is 0 Å². The number of aryl methyl sites for hydroxylation is 1. The molecule has 120 valence electrons. The number of anilines is 1. The van der Waals surface area contributed by atoms with E-state index in [9.17, 15) is 4.79 Å². The van der Waals surface area contributed by atoms with Crippen LogP contribution in [0.2, 0.25) is 0 Å². The molecule has 1 aliphatic carbocycles. The summed E-state index contributed by atoms with van der Waals surface area (Å²) in [5.41, 5.74) is 1.03. The molecule has 0 aliphatic heterocycles. The van der Waals surface area contributed by atoms with Crippen molar-refractivity contribution >= 4 is 39.6 Å². The van der Waals surface area contributed by atoms with Crippen LogP contribution in [0.1, 0.15) is 37.8 Å². The van der Waals surface area contributed by atoms with Gasteiger partial charge in [-0.15, -0.1) is 10.2 Å². The van der Waals surface area contributed by atoms with Gasteiger partial charge < -0.3 is 9.88 Å². The number of thioether (sulfide) groups is 1. The maximum atomic E-state index is 11.6. The van der Waals surface area contributed by atoms with Crippen molar-refractivity contribution in [3.05, 3.63) is 20.7 Å². The first-order chi connectivity index (χ1) is 10.7. The normalized spacial score (nSPS) is 16.0. The van der Waals surface area contributed by atoms with E-state index in [0.29, 0.717) is 6.04 Å². The van der Waals surface area contributed by atoms with Gasteiger partial charge in [0.15, 0.2) is 4.34 Å². The van der Waals surface area contributed by atoms with E-state index in [2.05, 4.69) is 15.5 Å². The fraction of sp³-hybridized carbons (Fsp3) is 0.643. The van der Waals surface area contributed by atoms with E-state index in [1.165, 1.54) is 43.4 Å². The molecule has 1 N–H and O–H groups in total. The van der Waals surface area contributed by atoms with E-state index in [4.69, 9.17) is 0 Å². The van der Waals surface area contributed by atoms with Gasteiger partial charge in [0.1, 0.15) is 0 Å². The van der Waals surface area contributed by atoms with Gasteiger partial charge in [-0.05, 0) is 19.8 Å². The van der Waals surface area contributed by atoms with Crippen LogP contribution in [0, 0.1) is 6.92 Å². The molecule has 1 saturated carbocycles. The molecule has 8 heteroatoms.